The van der Waals surface area contributed by atoms with Gasteiger partial charge in [0, 0.05) is 23.4 Å². The zero-order valence-electron chi connectivity index (χ0n) is 18.9. The molecule has 8 heteroatoms. The number of aromatic nitrogens is 4. The summed E-state index contributed by atoms with van der Waals surface area (Å²) >= 11 is 0. The first-order valence-electron chi connectivity index (χ1n) is 11.7. The van der Waals surface area contributed by atoms with E-state index in [9.17, 15) is 4.79 Å². The maximum Gasteiger partial charge on any atom is 0.274 e. The molecule has 1 fully saturated rings. The van der Waals surface area contributed by atoms with E-state index in [4.69, 9.17) is 14.5 Å². The molecule has 1 N–H and O–H groups in total. The van der Waals surface area contributed by atoms with Crippen LogP contribution in [0.15, 0.2) is 36.7 Å². The highest BCUT2D eigenvalue weighted by atomic mass is 16.5. The van der Waals surface area contributed by atoms with E-state index >= 15 is 0 Å². The fraction of sp³-hybridized carbons (Fsp3) is 0.440. The first kappa shape index (κ1) is 21.6. The molecule has 1 unspecified atom stereocenters. The minimum absolute atomic E-state index is 0.0294. The number of methoxy groups -OCH3 is 1. The smallest absolute Gasteiger partial charge is 0.274 e. The van der Waals surface area contributed by atoms with Crippen molar-refractivity contribution in [1.29, 1.82) is 0 Å². The number of hydrogen-bond donors (Lipinski definition) is 1. The van der Waals surface area contributed by atoms with Crippen molar-refractivity contribution in [2.75, 3.05) is 26.8 Å². The molecule has 8 nitrogen and oxygen atoms in total. The lowest BCUT2D eigenvalue weighted by Crippen LogP contribution is -2.43. The van der Waals surface area contributed by atoms with Crippen LogP contribution < -0.4 is 4.74 Å². The van der Waals surface area contributed by atoms with Gasteiger partial charge < -0.3 is 14.4 Å². The van der Waals surface area contributed by atoms with Crippen LogP contribution in [-0.4, -0.2) is 57.8 Å². The van der Waals surface area contributed by atoms with Crippen molar-refractivity contribution in [3.63, 3.8) is 0 Å². The van der Waals surface area contributed by atoms with Crippen molar-refractivity contribution in [3.8, 4) is 17.0 Å². The van der Waals surface area contributed by atoms with E-state index in [2.05, 4.69) is 15.2 Å². The molecule has 3 aromatic rings. The molecule has 172 valence electrons. The Balaban J connectivity index is 1.35. The molecule has 3 heterocycles. The second-order valence-corrected chi connectivity index (χ2v) is 8.62. The molecule has 1 aliphatic carbocycles. The Labute approximate surface area is 193 Å². The van der Waals surface area contributed by atoms with Gasteiger partial charge in [0.15, 0.2) is 5.69 Å². The first-order valence-corrected chi connectivity index (χ1v) is 11.7. The molecule has 1 amide bonds. The molecule has 33 heavy (non-hydrogen) atoms. The highest BCUT2D eigenvalue weighted by molar-refractivity contribution is 5.94. The van der Waals surface area contributed by atoms with Crippen molar-refractivity contribution >= 4 is 5.91 Å². The standard InChI is InChI=1S/C25H29N5O3/c1-32-18-8-6-7-17(13-18)21-14-26-15-22(27-21)23-16-30(11-12-33-23)25(31)24-19-9-4-2-3-5-10-20(19)28-29-24/h6-8,13-15,23H,2-5,9-12,16H2,1H3,(H,28,29). The number of carbonyl (C=O) groups excluding carboxylic acids is 1. The molecule has 0 radical (unpaired) electrons. The van der Waals surface area contributed by atoms with Gasteiger partial charge in [0.25, 0.3) is 5.91 Å². The van der Waals surface area contributed by atoms with Crippen LogP contribution in [0.25, 0.3) is 11.3 Å². The summed E-state index contributed by atoms with van der Waals surface area (Å²) < 4.78 is 11.3. The minimum atomic E-state index is -0.332. The highest BCUT2D eigenvalue weighted by Crippen LogP contribution is 2.27. The number of aromatic amines is 1. The van der Waals surface area contributed by atoms with E-state index in [0.29, 0.717) is 31.1 Å². The highest BCUT2D eigenvalue weighted by Gasteiger charge is 2.30. The van der Waals surface area contributed by atoms with Gasteiger partial charge in [-0.1, -0.05) is 25.0 Å². The van der Waals surface area contributed by atoms with E-state index in [1.807, 2.05) is 29.2 Å². The van der Waals surface area contributed by atoms with Crippen molar-refractivity contribution in [2.45, 2.75) is 44.6 Å². The molecule has 1 saturated heterocycles. The molecular weight excluding hydrogens is 418 g/mol. The number of H-pyrrole nitrogens is 1. The van der Waals surface area contributed by atoms with Crippen LogP contribution >= 0.6 is 0 Å². The number of amides is 1. The molecule has 1 atom stereocenters. The van der Waals surface area contributed by atoms with Gasteiger partial charge in [-0.15, -0.1) is 0 Å². The molecule has 2 aliphatic rings. The van der Waals surface area contributed by atoms with Gasteiger partial charge in [-0.3, -0.25) is 14.9 Å². The van der Waals surface area contributed by atoms with Gasteiger partial charge >= 0.3 is 0 Å². The van der Waals surface area contributed by atoms with E-state index in [1.54, 1.807) is 19.5 Å². The van der Waals surface area contributed by atoms with Crippen molar-refractivity contribution in [2.24, 2.45) is 0 Å². The summed E-state index contributed by atoms with van der Waals surface area (Å²) in [5.41, 5.74) is 5.17. The number of carbonyl (C=O) groups is 1. The lowest BCUT2D eigenvalue weighted by Gasteiger charge is -2.32. The number of benzene rings is 1. The second kappa shape index (κ2) is 9.70. The van der Waals surface area contributed by atoms with E-state index in [1.165, 1.54) is 12.8 Å². The van der Waals surface area contributed by atoms with Gasteiger partial charge in [0.05, 0.1) is 44.0 Å². The summed E-state index contributed by atoms with van der Waals surface area (Å²) in [6.45, 7) is 1.42. The molecule has 1 aliphatic heterocycles. The summed E-state index contributed by atoms with van der Waals surface area (Å²) in [6, 6.07) is 7.72. The number of hydrogen-bond acceptors (Lipinski definition) is 6. The Kier molecular flexibility index (Phi) is 6.35. The predicted octanol–water partition coefficient (Wildman–Crippen LogP) is 3.75. The largest absolute Gasteiger partial charge is 0.497 e. The summed E-state index contributed by atoms with van der Waals surface area (Å²) in [5.74, 6) is 0.734. The number of nitrogens with zero attached hydrogens (tertiary/aromatic N) is 4. The van der Waals surface area contributed by atoms with Crippen molar-refractivity contribution in [1.82, 2.24) is 25.1 Å². The van der Waals surface area contributed by atoms with Crippen LogP contribution in [0.5, 0.6) is 5.75 Å². The lowest BCUT2D eigenvalue weighted by molar-refractivity contribution is -0.0250. The van der Waals surface area contributed by atoms with Crippen LogP contribution in [-0.2, 0) is 17.6 Å². The zero-order chi connectivity index (χ0) is 22.6. The second-order valence-electron chi connectivity index (χ2n) is 8.62. The van der Waals surface area contributed by atoms with Gasteiger partial charge in [-0.05, 0) is 37.8 Å². The van der Waals surface area contributed by atoms with E-state index < -0.39 is 0 Å². The van der Waals surface area contributed by atoms with Crippen molar-refractivity contribution in [3.05, 3.63) is 59.3 Å². The van der Waals surface area contributed by atoms with Gasteiger partial charge in [-0.25, -0.2) is 4.98 Å². The van der Waals surface area contributed by atoms with Crippen LogP contribution in [0.1, 0.15) is 59.2 Å². The fourth-order valence-corrected chi connectivity index (χ4v) is 4.63. The molecule has 0 spiro atoms. The van der Waals surface area contributed by atoms with E-state index in [0.717, 1.165) is 53.9 Å². The third kappa shape index (κ3) is 4.61. The number of fused-ring (bicyclic) bond motifs is 1. The minimum Gasteiger partial charge on any atom is -0.497 e. The Bertz CT molecular complexity index is 1130. The van der Waals surface area contributed by atoms with E-state index in [-0.39, 0.29) is 12.0 Å². The SMILES string of the molecule is COc1cccc(-c2cncc(C3CN(C(=O)c4n[nH]c5c4CCCCCC5)CCO3)n2)c1. The van der Waals surface area contributed by atoms with Crippen LogP contribution in [0, 0.1) is 0 Å². The fourth-order valence-electron chi connectivity index (χ4n) is 4.63. The Morgan fingerprint density at radius 2 is 2.06 bits per heavy atom. The lowest BCUT2D eigenvalue weighted by atomic mass is 9.96. The monoisotopic (exact) mass is 447 g/mol. The Hall–Kier alpha value is -3.26. The third-order valence-electron chi connectivity index (χ3n) is 6.46. The average Bonchev–Trinajstić information content (AvgIpc) is 3.25. The summed E-state index contributed by atoms with van der Waals surface area (Å²) in [4.78, 5) is 24.4. The molecule has 0 saturated carbocycles. The molecule has 1 aromatic carbocycles. The molecule has 2 aromatic heterocycles. The molecular formula is C25H29N5O3. The topological polar surface area (TPSA) is 93.2 Å². The number of morpholine rings is 1. The number of nitrogens with one attached hydrogen (secondary N) is 1. The van der Waals surface area contributed by atoms with Crippen molar-refractivity contribution < 1.29 is 14.3 Å². The molecule has 0 bridgehead atoms. The van der Waals surface area contributed by atoms with Crippen LogP contribution in [0.4, 0.5) is 0 Å². The third-order valence-corrected chi connectivity index (χ3v) is 6.46. The number of rotatable bonds is 4. The summed E-state index contributed by atoms with van der Waals surface area (Å²) in [6.07, 6.45) is 9.68. The van der Waals surface area contributed by atoms with Gasteiger partial charge in [0.1, 0.15) is 11.9 Å². The molecule has 5 rings (SSSR count). The van der Waals surface area contributed by atoms with Crippen LogP contribution in [0.2, 0.25) is 0 Å². The normalized spacial score (nSPS) is 18.8. The summed E-state index contributed by atoms with van der Waals surface area (Å²) in [7, 11) is 1.64. The Morgan fingerprint density at radius 3 is 2.94 bits per heavy atom. The van der Waals surface area contributed by atoms with Gasteiger partial charge in [-0.2, -0.15) is 5.10 Å². The maximum atomic E-state index is 13.4. The average molecular weight is 448 g/mol. The first-order chi connectivity index (χ1) is 16.2. The summed E-state index contributed by atoms with van der Waals surface area (Å²) in [5, 5.41) is 7.56. The number of ether oxygens (including phenoxy) is 2. The predicted molar refractivity (Wildman–Crippen MR) is 123 cm³/mol. The van der Waals surface area contributed by atoms with Gasteiger partial charge in [0.2, 0.25) is 0 Å². The maximum absolute atomic E-state index is 13.4. The quantitative estimate of drug-likeness (QED) is 0.655. The Morgan fingerprint density at radius 1 is 1.18 bits per heavy atom. The van der Waals surface area contributed by atoms with Crippen LogP contribution in [0.3, 0.4) is 0 Å². The number of aryl methyl sites for hydroxylation is 1. The zero-order valence-corrected chi connectivity index (χ0v) is 18.9.